The first-order chi connectivity index (χ1) is 14.7. The highest BCUT2D eigenvalue weighted by atomic mass is 32.1. The molecule has 2 heterocycles. The quantitative estimate of drug-likeness (QED) is 0.531. The summed E-state index contributed by atoms with van der Waals surface area (Å²) in [7, 11) is 0. The normalized spacial score (nSPS) is 15.7. The summed E-state index contributed by atoms with van der Waals surface area (Å²) in [5.41, 5.74) is 2.33. The Labute approximate surface area is 183 Å². The summed E-state index contributed by atoms with van der Waals surface area (Å²) in [6.45, 7) is 6.59. The lowest BCUT2D eigenvalue weighted by molar-refractivity contribution is -0.142. The van der Waals surface area contributed by atoms with Gasteiger partial charge in [0.25, 0.3) is 0 Å². The average molecular weight is 429 g/mol. The maximum atomic E-state index is 13.4. The van der Waals surface area contributed by atoms with E-state index in [1.165, 1.54) is 10.4 Å². The number of carbonyl (C=O) groups is 2. The van der Waals surface area contributed by atoms with Crippen LogP contribution in [0.1, 0.15) is 55.2 Å². The Balaban J connectivity index is 1.77. The number of amides is 2. The van der Waals surface area contributed by atoms with Gasteiger partial charge in [-0.2, -0.15) is 0 Å². The molecule has 162 valence electrons. The first-order valence-corrected chi connectivity index (χ1v) is 11.8. The first kappa shape index (κ1) is 22.5. The average Bonchev–Trinajstić information content (AvgIpc) is 3.24. The standard InChI is InChI=1S/C24H32N2O3S/c1-3-9-22(27)25(14-8-16-29-4-2)18-23(28)26-15-12-21-20(13-17-30-21)24(26)19-10-6-5-7-11-19/h5-7,10-11,13,17,24H,3-4,8-9,12,14-16,18H2,1-2H3/t24-/m1/s1. The summed E-state index contributed by atoms with van der Waals surface area (Å²) >= 11 is 1.76. The molecule has 0 saturated heterocycles. The molecule has 1 aliphatic heterocycles. The number of nitrogens with zero attached hydrogens (tertiary/aromatic N) is 2. The van der Waals surface area contributed by atoms with E-state index in [0.717, 1.165) is 24.8 Å². The molecule has 0 saturated carbocycles. The summed E-state index contributed by atoms with van der Waals surface area (Å²) in [6, 6.07) is 12.3. The van der Waals surface area contributed by atoms with Gasteiger partial charge in [-0.05, 0) is 48.8 Å². The van der Waals surface area contributed by atoms with Crippen molar-refractivity contribution in [3.8, 4) is 0 Å². The molecule has 1 aromatic carbocycles. The molecule has 3 rings (SSSR count). The second-order valence-corrected chi connectivity index (χ2v) is 8.57. The van der Waals surface area contributed by atoms with Gasteiger partial charge >= 0.3 is 0 Å². The van der Waals surface area contributed by atoms with Gasteiger partial charge in [0.15, 0.2) is 0 Å². The fourth-order valence-electron chi connectivity index (χ4n) is 4.00. The fourth-order valence-corrected chi connectivity index (χ4v) is 4.90. The Morgan fingerprint density at radius 2 is 2.00 bits per heavy atom. The van der Waals surface area contributed by atoms with Gasteiger partial charge in [-0.1, -0.05) is 37.3 Å². The number of hydrogen-bond acceptors (Lipinski definition) is 4. The van der Waals surface area contributed by atoms with Crippen molar-refractivity contribution < 1.29 is 14.3 Å². The van der Waals surface area contributed by atoms with Gasteiger partial charge in [0.1, 0.15) is 0 Å². The second-order valence-electron chi connectivity index (χ2n) is 7.57. The highest BCUT2D eigenvalue weighted by Crippen LogP contribution is 2.37. The van der Waals surface area contributed by atoms with Crippen LogP contribution in [-0.2, 0) is 20.7 Å². The van der Waals surface area contributed by atoms with Crippen molar-refractivity contribution in [1.82, 2.24) is 9.80 Å². The molecular formula is C24H32N2O3S. The lowest BCUT2D eigenvalue weighted by Gasteiger charge is -2.37. The van der Waals surface area contributed by atoms with Crippen LogP contribution in [0.5, 0.6) is 0 Å². The molecule has 2 amide bonds. The molecule has 0 unspecified atom stereocenters. The van der Waals surface area contributed by atoms with E-state index in [4.69, 9.17) is 4.74 Å². The molecule has 2 aromatic rings. The minimum atomic E-state index is -0.0831. The molecule has 30 heavy (non-hydrogen) atoms. The Kier molecular flexibility index (Phi) is 8.46. The smallest absolute Gasteiger partial charge is 0.242 e. The molecule has 1 atom stereocenters. The summed E-state index contributed by atoms with van der Waals surface area (Å²) in [4.78, 5) is 31.1. The molecule has 0 spiro atoms. The third-order valence-electron chi connectivity index (χ3n) is 5.47. The predicted molar refractivity (Wildman–Crippen MR) is 121 cm³/mol. The molecular weight excluding hydrogens is 396 g/mol. The van der Waals surface area contributed by atoms with Crippen molar-refractivity contribution in [3.05, 3.63) is 57.8 Å². The van der Waals surface area contributed by atoms with Crippen LogP contribution in [0.15, 0.2) is 41.8 Å². The van der Waals surface area contributed by atoms with E-state index in [-0.39, 0.29) is 24.4 Å². The number of ether oxygens (including phenoxy) is 1. The lowest BCUT2D eigenvalue weighted by Crippen LogP contribution is -2.47. The summed E-state index contributed by atoms with van der Waals surface area (Å²) < 4.78 is 5.42. The Morgan fingerprint density at radius 1 is 1.20 bits per heavy atom. The van der Waals surface area contributed by atoms with Crippen LogP contribution in [-0.4, -0.2) is 54.5 Å². The molecule has 6 heteroatoms. The highest BCUT2D eigenvalue weighted by Gasteiger charge is 2.33. The van der Waals surface area contributed by atoms with Crippen LogP contribution in [0.3, 0.4) is 0 Å². The predicted octanol–water partition coefficient (Wildman–Crippen LogP) is 4.28. The molecule has 0 radical (unpaired) electrons. The highest BCUT2D eigenvalue weighted by molar-refractivity contribution is 7.10. The topological polar surface area (TPSA) is 49.9 Å². The van der Waals surface area contributed by atoms with Crippen molar-refractivity contribution in [3.63, 3.8) is 0 Å². The molecule has 5 nitrogen and oxygen atoms in total. The minimum Gasteiger partial charge on any atom is -0.382 e. The maximum Gasteiger partial charge on any atom is 0.242 e. The number of carbonyl (C=O) groups excluding carboxylic acids is 2. The van der Waals surface area contributed by atoms with E-state index in [0.29, 0.717) is 32.7 Å². The van der Waals surface area contributed by atoms with Crippen LogP contribution >= 0.6 is 11.3 Å². The van der Waals surface area contributed by atoms with Gasteiger partial charge in [-0.15, -0.1) is 11.3 Å². The zero-order chi connectivity index (χ0) is 21.3. The number of rotatable bonds is 10. The summed E-state index contributed by atoms with van der Waals surface area (Å²) in [5, 5.41) is 2.11. The van der Waals surface area contributed by atoms with Gasteiger partial charge < -0.3 is 14.5 Å². The number of fused-ring (bicyclic) bond motifs is 1. The zero-order valence-corrected chi connectivity index (χ0v) is 18.8. The molecule has 1 aliphatic rings. The fraction of sp³-hybridized carbons (Fsp3) is 0.500. The molecule has 0 bridgehead atoms. The SMILES string of the molecule is CCCC(=O)N(CCCOCC)CC(=O)N1CCc2sccc2[C@H]1c1ccccc1. The maximum absolute atomic E-state index is 13.4. The van der Waals surface area contributed by atoms with E-state index in [2.05, 4.69) is 23.6 Å². The van der Waals surface area contributed by atoms with E-state index < -0.39 is 0 Å². The van der Waals surface area contributed by atoms with Crippen molar-refractivity contribution in [2.45, 2.75) is 45.6 Å². The number of thiophene rings is 1. The van der Waals surface area contributed by atoms with Gasteiger partial charge in [0.2, 0.25) is 11.8 Å². The monoisotopic (exact) mass is 428 g/mol. The van der Waals surface area contributed by atoms with Gasteiger partial charge in [-0.3, -0.25) is 9.59 Å². The van der Waals surface area contributed by atoms with Gasteiger partial charge in [0, 0.05) is 37.6 Å². The third-order valence-corrected chi connectivity index (χ3v) is 6.46. The Hall–Kier alpha value is -2.18. The molecule has 0 aliphatic carbocycles. The Morgan fingerprint density at radius 3 is 2.73 bits per heavy atom. The summed E-state index contributed by atoms with van der Waals surface area (Å²) in [5.74, 6) is 0.0633. The van der Waals surface area contributed by atoms with Gasteiger partial charge in [0.05, 0.1) is 12.6 Å². The van der Waals surface area contributed by atoms with Crippen LogP contribution in [0.4, 0.5) is 0 Å². The Bertz CT molecular complexity index is 821. The van der Waals surface area contributed by atoms with E-state index in [9.17, 15) is 9.59 Å². The van der Waals surface area contributed by atoms with Gasteiger partial charge in [-0.25, -0.2) is 0 Å². The third kappa shape index (κ3) is 5.49. The number of hydrogen-bond donors (Lipinski definition) is 0. The minimum absolute atomic E-state index is 0.0153. The van der Waals surface area contributed by atoms with Crippen LogP contribution in [0.2, 0.25) is 0 Å². The molecule has 0 N–H and O–H groups in total. The first-order valence-electron chi connectivity index (χ1n) is 10.9. The van der Waals surface area contributed by atoms with Crippen molar-refractivity contribution in [2.75, 3.05) is 32.8 Å². The van der Waals surface area contributed by atoms with Crippen molar-refractivity contribution >= 4 is 23.2 Å². The largest absolute Gasteiger partial charge is 0.382 e. The van der Waals surface area contributed by atoms with Crippen molar-refractivity contribution in [1.29, 1.82) is 0 Å². The van der Waals surface area contributed by atoms with Crippen LogP contribution in [0, 0.1) is 0 Å². The lowest BCUT2D eigenvalue weighted by atomic mass is 9.93. The number of benzene rings is 1. The van der Waals surface area contributed by atoms with Crippen LogP contribution < -0.4 is 0 Å². The molecule has 1 aromatic heterocycles. The van der Waals surface area contributed by atoms with E-state index in [1.807, 2.05) is 36.9 Å². The summed E-state index contributed by atoms with van der Waals surface area (Å²) in [6.07, 6.45) is 2.87. The van der Waals surface area contributed by atoms with E-state index >= 15 is 0 Å². The molecule has 0 fully saturated rings. The van der Waals surface area contributed by atoms with E-state index in [1.54, 1.807) is 16.2 Å². The second kappa shape index (κ2) is 11.3. The zero-order valence-electron chi connectivity index (χ0n) is 18.0. The van der Waals surface area contributed by atoms with Crippen LogP contribution in [0.25, 0.3) is 0 Å². The van der Waals surface area contributed by atoms with Crippen molar-refractivity contribution in [2.24, 2.45) is 0 Å².